The Bertz CT molecular complexity index is 1210. The molecule has 0 bridgehead atoms. The third-order valence-corrected chi connectivity index (χ3v) is 7.11. The lowest BCUT2D eigenvalue weighted by Crippen LogP contribution is -2.20. The summed E-state index contributed by atoms with van der Waals surface area (Å²) in [5.41, 5.74) is 0.678. The molecule has 2 aromatic carbocycles. The number of ether oxygens (including phenoxy) is 3. The van der Waals surface area contributed by atoms with Gasteiger partial charge in [0.15, 0.2) is 11.5 Å². The zero-order valence-electron chi connectivity index (χ0n) is 17.7. The molecule has 1 fully saturated rings. The first-order valence-electron chi connectivity index (χ1n) is 10.7. The first-order chi connectivity index (χ1) is 15.6. The molecule has 3 aromatic rings. The van der Waals surface area contributed by atoms with Crippen molar-refractivity contribution in [3.8, 4) is 28.7 Å². The van der Waals surface area contributed by atoms with Crippen LogP contribution in [0, 0.1) is 0 Å². The van der Waals surface area contributed by atoms with Gasteiger partial charge in [-0.3, -0.25) is 0 Å². The fourth-order valence-corrected chi connectivity index (χ4v) is 5.22. The molecule has 9 heteroatoms. The summed E-state index contributed by atoms with van der Waals surface area (Å²) >= 11 is 0. The molecule has 8 nitrogen and oxygen atoms in total. The molecule has 0 aliphatic carbocycles. The Hall–Kier alpha value is -3.20. The second-order valence-corrected chi connectivity index (χ2v) is 9.45. The van der Waals surface area contributed by atoms with E-state index in [0.29, 0.717) is 36.9 Å². The van der Waals surface area contributed by atoms with Crippen LogP contribution in [0.25, 0.3) is 11.5 Å². The second kappa shape index (κ2) is 8.38. The molecule has 0 atom stereocenters. The normalized spacial score (nSPS) is 15.7. The molecule has 0 saturated carbocycles. The zero-order valence-corrected chi connectivity index (χ0v) is 18.6. The average molecular weight is 457 g/mol. The minimum absolute atomic E-state index is 0.0834. The second-order valence-electron chi connectivity index (χ2n) is 7.59. The Morgan fingerprint density at radius 3 is 2.44 bits per heavy atom. The Kier molecular flexibility index (Phi) is 5.42. The van der Waals surface area contributed by atoms with Crippen LogP contribution in [-0.4, -0.2) is 46.3 Å². The van der Waals surface area contributed by atoms with Gasteiger partial charge in [0.1, 0.15) is 19.0 Å². The van der Waals surface area contributed by atoms with Crippen LogP contribution in [-0.2, 0) is 9.84 Å². The minimum Gasteiger partial charge on any atom is -0.494 e. The van der Waals surface area contributed by atoms with Crippen molar-refractivity contribution in [2.24, 2.45) is 0 Å². The highest BCUT2D eigenvalue weighted by Gasteiger charge is 2.33. The topological polar surface area (TPSA) is 91.1 Å². The highest BCUT2D eigenvalue weighted by Crippen LogP contribution is 2.39. The van der Waals surface area contributed by atoms with Crippen molar-refractivity contribution in [3.63, 3.8) is 0 Å². The lowest BCUT2D eigenvalue weighted by Gasteiger charge is -2.19. The first-order valence-corrected chi connectivity index (χ1v) is 12.2. The number of oxazole rings is 1. The van der Waals surface area contributed by atoms with Gasteiger partial charge in [0, 0.05) is 24.7 Å². The van der Waals surface area contributed by atoms with E-state index in [1.165, 1.54) is 12.1 Å². The number of aromatic nitrogens is 1. The molecule has 0 radical (unpaired) electrons. The van der Waals surface area contributed by atoms with Crippen LogP contribution in [0.2, 0.25) is 0 Å². The summed E-state index contributed by atoms with van der Waals surface area (Å²) in [5.74, 6) is 2.21. The van der Waals surface area contributed by atoms with Gasteiger partial charge in [-0.25, -0.2) is 8.42 Å². The fraction of sp³-hybridized carbons (Fsp3) is 0.348. The highest BCUT2D eigenvalue weighted by atomic mass is 32.2. The number of fused-ring (bicyclic) bond motifs is 1. The quantitative estimate of drug-likeness (QED) is 0.551. The summed E-state index contributed by atoms with van der Waals surface area (Å²) < 4.78 is 49.9. The third kappa shape index (κ3) is 3.77. The molecule has 1 aromatic heterocycles. The summed E-state index contributed by atoms with van der Waals surface area (Å²) in [7, 11) is -3.95. The highest BCUT2D eigenvalue weighted by molar-refractivity contribution is 7.91. The van der Waals surface area contributed by atoms with Crippen LogP contribution in [0.15, 0.2) is 56.8 Å². The number of anilines is 1. The standard InChI is InChI=1S/C23H24N2O6S/c1-2-28-17-7-5-16(6-8-17)21-24-22(23(31-21)25-11-3-4-12-25)32(26,27)18-9-10-19-20(15-18)30-14-13-29-19/h5-10,15H,2-4,11-14H2,1H3. The Balaban J connectivity index is 1.57. The molecule has 0 amide bonds. The van der Waals surface area contributed by atoms with Crippen molar-refractivity contribution in [3.05, 3.63) is 42.5 Å². The predicted molar refractivity (Wildman–Crippen MR) is 117 cm³/mol. The number of nitrogens with zero attached hydrogens (tertiary/aromatic N) is 2. The lowest BCUT2D eigenvalue weighted by atomic mass is 10.2. The van der Waals surface area contributed by atoms with Crippen LogP contribution in [0.5, 0.6) is 17.2 Å². The van der Waals surface area contributed by atoms with Crippen LogP contribution in [0.3, 0.4) is 0 Å². The van der Waals surface area contributed by atoms with E-state index in [2.05, 4.69) is 4.98 Å². The molecule has 32 heavy (non-hydrogen) atoms. The van der Waals surface area contributed by atoms with Gasteiger partial charge in [-0.2, -0.15) is 4.98 Å². The van der Waals surface area contributed by atoms with Gasteiger partial charge < -0.3 is 23.5 Å². The molecular formula is C23H24N2O6S. The smallest absolute Gasteiger partial charge is 0.236 e. The van der Waals surface area contributed by atoms with E-state index >= 15 is 0 Å². The van der Waals surface area contributed by atoms with Crippen LogP contribution in [0.4, 0.5) is 5.88 Å². The van der Waals surface area contributed by atoms with Crippen molar-refractivity contribution >= 4 is 15.7 Å². The van der Waals surface area contributed by atoms with E-state index < -0.39 is 9.84 Å². The van der Waals surface area contributed by atoms with Gasteiger partial charge in [-0.15, -0.1) is 0 Å². The minimum atomic E-state index is -3.95. The number of sulfone groups is 1. The van der Waals surface area contributed by atoms with Gasteiger partial charge in [-0.1, -0.05) is 0 Å². The van der Waals surface area contributed by atoms with E-state index in [1.807, 2.05) is 36.1 Å². The largest absolute Gasteiger partial charge is 0.494 e. The van der Waals surface area contributed by atoms with Gasteiger partial charge in [0.25, 0.3) is 0 Å². The number of hydrogen-bond acceptors (Lipinski definition) is 8. The molecule has 0 N–H and O–H groups in total. The van der Waals surface area contributed by atoms with E-state index in [1.54, 1.807) is 6.07 Å². The fourth-order valence-electron chi connectivity index (χ4n) is 3.88. The van der Waals surface area contributed by atoms with Gasteiger partial charge in [-0.05, 0) is 56.2 Å². The molecule has 2 aliphatic rings. The average Bonchev–Trinajstić information content (AvgIpc) is 3.50. The summed E-state index contributed by atoms with van der Waals surface area (Å²) in [6.45, 7) is 4.74. The Morgan fingerprint density at radius 2 is 1.72 bits per heavy atom. The number of benzene rings is 2. The van der Waals surface area contributed by atoms with E-state index in [9.17, 15) is 8.42 Å². The molecule has 0 spiro atoms. The maximum Gasteiger partial charge on any atom is 0.236 e. The third-order valence-electron chi connectivity index (χ3n) is 5.46. The van der Waals surface area contributed by atoms with E-state index in [0.717, 1.165) is 31.7 Å². The van der Waals surface area contributed by atoms with Crippen molar-refractivity contribution in [2.75, 3.05) is 37.8 Å². The molecule has 3 heterocycles. The Labute approximate surface area is 186 Å². The zero-order chi connectivity index (χ0) is 22.1. The first kappa shape index (κ1) is 20.7. The van der Waals surface area contributed by atoms with Crippen LogP contribution >= 0.6 is 0 Å². The lowest BCUT2D eigenvalue weighted by molar-refractivity contribution is 0.171. The monoisotopic (exact) mass is 456 g/mol. The molecule has 2 aliphatic heterocycles. The van der Waals surface area contributed by atoms with Gasteiger partial charge in [0.2, 0.25) is 26.6 Å². The van der Waals surface area contributed by atoms with E-state index in [-0.39, 0.29) is 21.7 Å². The maximum atomic E-state index is 13.6. The molecule has 168 valence electrons. The van der Waals surface area contributed by atoms with E-state index in [4.69, 9.17) is 18.6 Å². The summed E-state index contributed by atoms with van der Waals surface area (Å²) in [5, 5.41) is -0.0834. The summed E-state index contributed by atoms with van der Waals surface area (Å²) in [6.07, 6.45) is 1.95. The summed E-state index contributed by atoms with van der Waals surface area (Å²) in [4.78, 5) is 6.48. The predicted octanol–water partition coefficient (Wildman–Crippen LogP) is 3.94. The molecule has 0 unspecified atom stereocenters. The molecule has 1 saturated heterocycles. The van der Waals surface area contributed by atoms with Crippen LogP contribution in [0.1, 0.15) is 19.8 Å². The molecule has 5 rings (SSSR count). The number of rotatable bonds is 6. The van der Waals surface area contributed by atoms with Gasteiger partial charge in [0.05, 0.1) is 11.5 Å². The summed E-state index contributed by atoms with van der Waals surface area (Å²) in [6, 6.07) is 11.9. The Morgan fingerprint density at radius 1 is 1.00 bits per heavy atom. The van der Waals surface area contributed by atoms with Gasteiger partial charge >= 0.3 is 0 Å². The van der Waals surface area contributed by atoms with Crippen LogP contribution < -0.4 is 19.1 Å². The van der Waals surface area contributed by atoms with Crippen molar-refractivity contribution in [1.82, 2.24) is 4.98 Å². The maximum absolute atomic E-state index is 13.6. The van der Waals surface area contributed by atoms with Crippen molar-refractivity contribution < 1.29 is 27.0 Å². The number of hydrogen-bond donors (Lipinski definition) is 0. The SMILES string of the molecule is CCOc1ccc(-c2nc(S(=O)(=O)c3ccc4c(c3)OCCO4)c(N3CCCC3)o2)cc1. The van der Waals surface area contributed by atoms with Crippen molar-refractivity contribution in [1.29, 1.82) is 0 Å². The molecular weight excluding hydrogens is 432 g/mol. The van der Waals surface area contributed by atoms with Crippen molar-refractivity contribution in [2.45, 2.75) is 29.7 Å².